The number of likely N-dealkylation sites (N-methyl/N-ethyl adjacent to an activating group) is 1. The lowest BCUT2D eigenvalue weighted by molar-refractivity contribution is 0.197. The molecule has 4 rings (SSSR count). The molecular weight excluding hydrogens is 320 g/mol. The van der Waals surface area contributed by atoms with E-state index in [-0.39, 0.29) is 0 Å². The molecule has 0 N–H and O–H groups in total. The summed E-state index contributed by atoms with van der Waals surface area (Å²) in [5, 5.41) is 4.83. The van der Waals surface area contributed by atoms with Gasteiger partial charge in [0.05, 0.1) is 6.67 Å². The molecule has 0 amide bonds. The van der Waals surface area contributed by atoms with Crippen molar-refractivity contribution in [3.63, 3.8) is 0 Å². The second-order valence-electron chi connectivity index (χ2n) is 6.90. The van der Waals surface area contributed by atoms with Gasteiger partial charge in [-0.05, 0) is 57.1 Å². The minimum atomic E-state index is 0.605. The van der Waals surface area contributed by atoms with E-state index in [1.165, 1.54) is 31.5 Å². The lowest BCUT2D eigenvalue weighted by Gasteiger charge is -2.16. The SMILES string of the molecule is CN(CCOc1ccccc1)Cn1nc(C2CC2)n(C2CC2)c1=S. The molecule has 0 spiro atoms. The fourth-order valence-corrected chi connectivity index (χ4v) is 3.30. The van der Waals surface area contributed by atoms with Crippen LogP contribution < -0.4 is 4.74 Å². The molecule has 0 aliphatic heterocycles. The van der Waals surface area contributed by atoms with Gasteiger partial charge < -0.3 is 9.30 Å². The standard InChI is InChI=1S/C18H24N4OS/c1-20(11-12-23-16-5-3-2-4-6-16)13-21-18(24)22(15-9-10-15)17(19-21)14-7-8-14/h2-6,14-15H,7-13H2,1H3. The van der Waals surface area contributed by atoms with E-state index in [4.69, 9.17) is 22.1 Å². The summed E-state index contributed by atoms with van der Waals surface area (Å²) < 4.78 is 11.0. The van der Waals surface area contributed by atoms with Gasteiger partial charge in [-0.3, -0.25) is 4.90 Å². The van der Waals surface area contributed by atoms with E-state index < -0.39 is 0 Å². The fraction of sp³-hybridized carbons (Fsp3) is 0.556. The number of nitrogens with zero attached hydrogens (tertiary/aromatic N) is 4. The Labute approximate surface area is 147 Å². The van der Waals surface area contributed by atoms with Gasteiger partial charge in [0.25, 0.3) is 0 Å². The highest BCUT2D eigenvalue weighted by molar-refractivity contribution is 7.71. The van der Waals surface area contributed by atoms with Gasteiger partial charge in [-0.15, -0.1) is 0 Å². The quantitative estimate of drug-likeness (QED) is 0.686. The third-order valence-electron chi connectivity index (χ3n) is 4.61. The predicted molar refractivity (Wildman–Crippen MR) is 95.9 cm³/mol. The second kappa shape index (κ2) is 6.69. The summed E-state index contributed by atoms with van der Waals surface area (Å²) >= 11 is 5.69. The first-order valence-corrected chi connectivity index (χ1v) is 9.19. The number of benzene rings is 1. The molecule has 0 saturated heterocycles. The summed E-state index contributed by atoms with van der Waals surface area (Å²) in [6.07, 6.45) is 5.03. The van der Waals surface area contributed by atoms with E-state index in [1.54, 1.807) is 0 Å². The van der Waals surface area contributed by atoms with Crippen LogP contribution in [-0.2, 0) is 6.67 Å². The molecule has 2 fully saturated rings. The Morgan fingerprint density at radius 1 is 1.21 bits per heavy atom. The van der Waals surface area contributed by atoms with Crippen molar-refractivity contribution in [3.05, 3.63) is 40.9 Å². The minimum absolute atomic E-state index is 0.605. The molecule has 0 atom stereocenters. The molecule has 1 heterocycles. The van der Waals surface area contributed by atoms with E-state index in [1.807, 2.05) is 35.0 Å². The summed E-state index contributed by atoms with van der Waals surface area (Å²) in [5.41, 5.74) is 0. The first kappa shape index (κ1) is 15.8. The van der Waals surface area contributed by atoms with Gasteiger partial charge in [0, 0.05) is 18.5 Å². The molecule has 2 saturated carbocycles. The number of rotatable bonds is 8. The molecule has 128 valence electrons. The Hall–Kier alpha value is -1.66. The summed E-state index contributed by atoms with van der Waals surface area (Å²) in [5.74, 6) is 2.77. The molecule has 2 aliphatic carbocycles. The lowest BCUT2D eigenvalue weighted by Crippen LogP contribution is -2.27. The van der Waals surface area contributed by atoms with Crippen LogP contribution in [0.1, 0.15) is 43.5 Å². The van der Waals surface area contributed by atoms with Crippen LogP contribution in [0.25, 0.3) is 0 Å². The normalized spacial score (nSPS) is 17.4. The molecule has 1 aromatic carbocycles. The molecule has 2 aliphatic rings. The third-order valence-corrected chi connectivity index (χ3v) is 5.02. The fourth-order valence-electron chi connectivity index (χ4n) is 2.96. The van der Waals surface area contributed by atoms with Crippen molar-refractivity contribution in [1.29, 1.82) is 0 Å². The van der Waals surface area contributed by atoms with E-state index in [9.17, 15) is 0 Å². The van der Waals surface area contributed by atoms with Crippen molar-refractivity contribution >= 4 is 12.2 Å². The van der Waals surface area contributed by atoms with Gasteiger partial charge in [-0.25, -0.2) is 4.68 Å². The largest absolute Gasteiger partial charge is 0.492 e. The zero-order chi connectivity index (χ0) is 16.5. The third kappa shape index (κ3) is 3.54. The molecule has 6 heteroatoms. The number of para-hydroxylation sites is 1. The first-order chi connectivity index (χ1) is 11.7. The summed E-state index contributed by atoms with van der Waals surface area (Å²) in [4.78, 5) is 2.21. The van der Waals surface area contributed by atoms with Crippen LogP contribution in [0.3, 0.4) is 0 Å². The molecule has 24 heavy (non-hydrogen) atoms. The van der Waals surface area contributed by atoms with Crippen molar-refractivity contribution in [2.45, 2.75) is 44.3 Å². The van der Waals surface area contributed by atoms with Gasteiger partial charge in [-0.1, -0.05) is 18.2 Å². The molecule has 0 radical (unpaired) electrons. The van der Waals surface area contributed by atoms with Gasteiger partial charge in [0.2, 0.25) is 0 Å². The van der Waals surface area contributed by atoms with Gasteiger partial charge in [0.15, 0.2) is 4.77 Å². The maximum Gasteiger partial charge on any atom is 0.199 e. The smallest absolute Gasteiger partial charge is 0.199 e. The van der Waals surface area contributed by atoms with E-state index in [2.05, 4.69) is 16.5 Å². The zero-order valence-electron chi connectivity index (χ0n) is 14.1. The molecular formula is C18H24N4OS. The van der Waals surface area contributed by atoms with Crippen LogP contribution in [0, 0.1) is 4.77 Å². The summed E-state index contributed by atoms with van der Waals surface area (Å²) in [6, 6.07) is 10.5. The van der Waals surface area contributed by atoms with Crippen LogP contribution in [0.5, 0.6) is 5.75 Å². The topological polar surface area (TPSA) is 35.2 Å². The highest BCUT2D eigenvalue weighted by Crippen LogP contribution is 2.44. The lowest BCUT2D eigenvalue weighted by atomic mass is 10.3. The van der Waals surface area contributed by atoms with Crippen LogP contribution in [0.2, 0.25) is 0 Å². The average molecular weight is 344 g/mol. The summed E-state index contributed by atoms with van der Waals surface area (Å²) in [6.45, 7) is 2.22. The van der Waals surface area contributed by atoms with Crippen molar-refractivity contribution in [2.24, 2.45) is 0 Å². The maximum atomic E-state index is 5.77. The number of ether oxygens (including phenoxy) is 1. The first-order valence-electron chi connectivity index (χ1n) is 8.78. The molecule has 0 bridgehead atoms. The molecule has 5 nitrogen and oxygen atoms in total. The van der Waals surface area contributed by atoms with Crippen molar-refractivity contribution in [1.82, 2.24) is 19.2 Å². The molecule has 1 aromatic heterocycles. The van der Waals surface area contributed by atoms with Gasteiger partial charge in [0.1, 0.15) is 18.2 Å². The predicted octanol–water partition coefficient (Wildman–Crippen LogP) is 3.59. The minimum Gasteiger partial charge on any atom is -0.492 e. The second-order valence-corrected chi connectivity index (χ2v) is 7.26. The Morgan fingerprint density at radius 2 is 1.96 bits per heavy atom. The maximum absolute atomic E-state index is 5.77. The van der Waals surface area contributed by atoms with Crippen LogP contribution in [0.15, 0.2) is 30.3 Å². The Balaban J connectivity index is 1.36. The monoisotopic (exact) mass is 344 g/mol. The van der Waals surface area contributed by atoms with Gasteiger partial charge in [-0.2, -0.15) is 5.10 Å². The highest BCUT2D eigenvalue weighted by Gasteiger charge is 2.35. The van der Waals surface area contributed by atoms with E-state index in [0.29, 0.717) is 18.6 Å². The number of aromatic nitrogens is 3. The Bertz CT molecular complexity index is 746. The van der Waals surface area contributed by atoms with E-state index in [0.717, 1.165) is 23.7 Å². The highest BCUT2D eigenvalue weighted by atomic mass is 32.1. The molecule has 2 aromatic rings. The van der Waals surface area contributed by atoms with Gasteiger partial charge >= 0.3 is 0 Å². The Morgan fingerprint density at radius 3 is 2.62 bits per heavy atom. The Kier molecular flexibility index (Phi) is 4.41. The van der Waals surface area contributed by atoms with Crippen LogP contribution in [0.4, 0.5) is 0 Å². The van der Waals surface area contributed by atoms with Crippen molar-refractivity contribution < 1.29 is 4.74 Å². The van der Waals surface area contributed by atoms with Crippen LogP contribution >= 0.6 is 12.2 Å². The zero-order valence-corrected chi connectivity index (χ0v) is 14.9. The summed E-state index contributed by atoms with van der Waals surface area (Å²) in [7, 11) is 2.09. The van der Waals surface area contributed by atoms with Crippen molar-refractivity contribution in [2.75, 3.05) is 20.2 Å². The van der Waals surface area contributed by atoms with Crippen LogP contribution in [-0.4, -0.2) is 39.4 Å². The molecule has 0 unspecified atom stereocenters. The van der Waals surface area contributed by atoms with E-state index >= 15 is 0 Å². The number of hydrogen-bond acceptors (Lipinski definition) is 4. The number of hydrogen-bond donors (Lipinski definition) is 0. The average Bonchev–Trinajstić information content (AvgIpc) is 3.48. The van der Waals surface area contributed by atoms with Crippen molar-refractivity contribution in [3.8, 4) is 5.75 Å².